The second-order valence-electron chi connectivity index (χ2n) is 4.83. The van der Waals surface area contributed by atoms with Gasteiger partial charge in [-0.05, 0) is 43.9 Å². The van der Waals surface area contributed by atoms with Gasteiger partial charge in [0.2, 0.25) is 5.91 Å². The van der Waals surface area contributed by atoms with Crippen molar-refractivity contribution in [2.45, 2.75) is 38.6 Å². The minimum absolute atomic E-state index is 0.125. The van der Waals surface area contributed by atoms with Crippen LogP contribution in [0.5, 0.6) is 0 Å². The van der Waals surface area contributed by atoms with Gasteiger partial charge in [0.05, 0.1) is 5.33 Å². The number of hydrogen-bond donors (Lipinski definition) is 1. The maximum absolute atomic E-state index is 11.2. The smallest absolute Gasteiger partial charge is 0.230 e. The predicted molar refractivity (Wildman–Crippen MR) is 60.3 cm³/mol. The Morgan fingerprint density at radius 3 is 2.79 bits per heavy atom. The molecule has 2 nitrogen and oxygen atoms in total. The van der Waals surface area contributed by atoms with Crippen molar-refractivity contribution >= 4 is 21.8 Å². The molecule has 0 radical (unpaired) electrons. The van der Waals surface area contributed by atoms with E-state index in [1.54, 1.807) is 0 Å². The fraction of sp³-hybridized carbons (Fsp3) is 0.909. The van der Waals surface area contributed by atoms with Crippen LogP contribution in [0.3, 0.4) is 0 Å². The summed E-state index contributed by atoms with van der Waals surface area (Å²) in [5.74, 6) is 2.73. The summed E-state index contributed by atoms with van der Waals surface area (Å²) in [5, 5.41) is 3.50. The third-order valence-corrected chi connectivity index (χ3v) is 4.45. The third kappa shape index (κ3) is 1.97. The Labute approximate surface area is 94.0 Å². The van der Waals surface area contributed by atoms with Gasteiger partial charge >= 0.3 is 0 Å². The summed E-state index contributed by atoms with van der Waals surface area (Å²) < 4.78 is 0. The van der Waals surface area contributed by atoms with Crippen LogP contribution < -0.4 is 5.32 Å². The Morgan fingerprint density at radius 1 is 1.50 bits per heavy atom. The van der Waals surface area contributed by atoms with Crippen LogP contribution in [0.15, 0.2) is 0 Å². The van der Waals surface area contributed by atoms with Gasteiger partial charge in [0.15, 0.2) is 0 Å². The summed E-state index contributed by atoms with van der Waals surface area (Å²) >= 11 is 3.18. The van der Waals surface area contributed by atoms with Gasteiger partial charge in [-0.25, -0.2) is 0 Å². The molecule has 1 amide bonds. The number of alkyl halides is 1. The van der Waals surface area contributed by atoms with Crippen molar-refractivity contribution in [2.24, 2.45) is 17.8 Å². The monoisotopic (exact) mass is 259 g/mol. The molecule has 4 unspecified atom stereocenters. The van der Waals surface area contributed by atoms with E-state index in [9.17, 15) is 4.79 Å². The van der Waals surface area contributed by atoms with E-state index >= 15 is 0 Å². The van der Waals surface area contributed by atoms with Crippen LogP contribution in [0.2, 0.25) is 0 Å². The highest BCUT2D eigenvalue weighted by Crippen LogP contribution is 2.49. The van der Waals surface area contributed by atoms with Crippen molar-refractivity contribution in [3.05, 3.63) is 0 Å². The molecular weight excluding hydrogens is 242 g/mol. The third-order valence-electron chi connectivity index (χ3n) is 3.95. The predicted octanol–water partition coefficient (Wildman–Crippen LogP) is 2.32. The number of amides is 1. The molecule has 0 aromatic carbocycles. The Morgan fingerprint density at radius 2 is 2.29 bits per heavy atom. The van der Waals surface area contributed by atoms with Crippen LogP contribution in [0.1, 0.15) is 32.6 Å². The van der Waals surface area contributed by atoms with Crippen molar-refractivity contribution in [3.63, 3.8) is 0 Å². The minimum atomic E-state index is 0.125. The van der Waals surface area contributed by atoms with E-state index in [4.69, 9.17) is 0 Å². The molecule has 14 heavy (non-hydrogen) atoms. The summed E-state index contributed by atoms with van der Waals surface area (Å²) in [4.78, 5) is 11.2. The molecule has 2 bridgehead atoms. The molecule has 0 spiro atoms. The van der Waals surface area contributed by atoms with Crippen LogP contribution in [0, 0.1) is 17.8 Å². The van der Waals surface area contributed by atoms with E-state index < -0.39 is 0 Å². The van der Waals surface area contributed by atoms with Gasteiger partial charge in [0.25, 0.3) is 0 Å². The summed E-state index contributed by atoms with van der Waals surface area (Å²) in [6, 6.07) is 0.371. The van der Waals surface area contributed by atoms with E-state index in [1.165, 1.54) is 25.7 Å². The largest absolute Gasteiger partial charge is 0.353 e. The van der Waals surface area contributed by atoms with E-state index in [2.05, 4.69) is 28.2 Å². The van der Waals surface area contributed by atoms with Gasteiger partial charge in [-0.1, -0.05) is 22.4 Å². The molecule has 0 aliphatic heterocycles. The lowest BCUT2D eigenvalue weighted by molar-refractivity contribution is -0.119. The molecule has 3 heteroatoms. The first-order chi connectivity index (χ1) is 6.70. The zero-order chi connectivity index (χ0) is 10.1. The topological polar surface area (TPSA) is 29.1 Å². The molecule has 2 fully saturated rings. The highest BCUT2D eigenvalue weighted by atomic mass is 79.9. The van der Waals surface area contributed by atoms with Crippen LogP contribution in [0.25, 0.3) is 0 Å². The Bertz CT molecular complexity index is 231. The number of hydrogen-bond acceptors (Lipinski definition) is 1. The highest BCUT2D eigenvalue weighted by molar-refractivity contribution is 9.09. The van der Waals surface area contributed by atoms with Crippen molar-refractivity contribution in [1.29, 1.82) is 0 Å². The molecule has 0 heterocycles. The second-order valence-corrected chi connectivity index (χ2v) is 5.39. The van der Waals surface area contributed by atoms with Gasteiger partial charge in [0.1, 0.15) is 0 Å². The first-order valence-electron chi connectivity index (χ1n) is 5.56. The average Bonchev–Trinajstić information content (AvgIpc) is 2.78. The van der Waals surface area contributed by atoms with E-state index in [-0.39, 0.29) is 5.91 Å². The molecule has 0 saturated heterocycles. The molecule has 1 N–H and O–H groups in total. The number of fused-ring (bicyclic) bond motifs is 2. The number of carbonyl (C=O) groups excluding carboxylic acids is 1. The quantitative estimate of drug-likeness (QED) is 0.775. The Balaban J connectivity index is 1.86. The highest BCUT2D eigenvalue weighted by Gasteiger charge is 2.41. The van der Waals surface area contributed by atoms with E-state index in [0.717, 1.165) is 17.8 Å². The standard InChI is InChI=1S/C11H18BrNO/c1-7(13-11(14)6-12)10-5-8-2-3-9(10)4-8/h7-10H,2-6H2,1H3,(H,13,14). The molecule has 80 valence electrons. The molecular formula is C11H18BrNO. The fourth-order valence-corrected chi connectivity index (χ4v) is 3.47. The minimum Gasteiger partial charge on any atom is -0.353 e. The van der Waals surface area contributed by atoms with Crippen molar-refractivity contribution < 1.29 is 4.79 Å². The lowest BCUT2D eigenvalue weighted by Crippen LogP contribution is -2.40. The SMILES string of the molecule is CC(NC(=O)CBr)C1CC2CCC1C2. The van der Waals surface area contributed by atoms with E-state index in [0.29, 0.717) is 11.4 Å². The van der Waals surface area contributed by atoms with Gasteiger partial charge in [-0.3, -0.25) is 4.79 Å². The zero-order valence-electron chi connectivity index (χ0n) is 8.63. The molecule has 2 aliphatic carbocycles. The lowest BCUT2D eigenvalue weighted by atomic mass is 9.84. The molecule has 2 aliphatic rings. The normalized spacial score (nSPS) is 37.1. The number of rotatable bonds is 3. The van der Waals surface area contributed by atoms with Crippen molar-refractivity contribution in [1.82, 2.24) is 5.32 Å². The van der Waals surface area contributed by atoms with Crippen molar-refractivity contribution in [2.75, 3.05) is 5.33 Å². The zero-order valence-corrected chi connectivity index (χ0v) is 10.2. The fourth-order valence-electron chi connectivity index (χ4n) is 3.31. The maximum atomic E-state index is 11.2. The van der Waals surface area contributed by atoms with Gasteiger partial charge in [-0.2, -0.15) is 0 Å². The molecule has 2 rings (SSSR count). The summed E-state index contributed by atoms with van der Waals surface area (Å²) in [5.41, 5.74) is 0. The van der Waals surface area contributed by atoms with Crippen LogP contribution in [-0.4, -0.2) is 17.3 Å². The molecule has 0 aromatic heterocycles. The average molecular weight is 260 g/mol. The summed E-state index contributed by atoms with van der Waals surface area (Å²) in [6.45, 7) is 2.16. The second kappa shape index (κ2) is 4.21. The Kier molecular flexibility index (Phi) is 3.15. The van der Waals surface area contributed by atoms with E-state index in [1.807, 2.05) is 0 Å². The molecule has 4 atom stereocenters. The first kappa shape index (κ1) is 10.5. The Hall–Kier alpha value is -0.0500. The number of halogens is 1. The van der Waals surface area contributed by atoms with Crippen LogP contribution in [-0.2, 0) is 4.79 Å². The van der Waals surface area contributed by atoms with Gasteiger partial charge < -0.3 is 5.32 Å². The van der Waals surface area contributed by atoms with Crippen LogP contribution in [0.4, 0.5) is 0 Å². The molecule has 0 aromatic rings. The summed E-state index contributed by atoms with van der Waals surface area (Å²) in [6.07, 6.45) is 5.58. The number of nitrogens with one attached hydrogen (secondary N) is 1. The van der Waals surface area contributed by atoms with Gasteiger partial charge in [0, 0.05) is 6.04 Å². The molecule has 2 saturated carbocycles. The first-order valence-corrected chi connectivity index (χ1v) is 6.68. The summed E-state index contributed by atoms with van der Waals surface area (Å²) in [7, 11) is 0. The maximum Gasteiger partial charge on any atom is 0.230 e. The van der Waals surface area contributed by atoms with Crippen LogP contribution >= 0.6 is 15.9 Å². The van der Waals surface area contributed by atoms with Crippen molar-refractivity contribution in [3.8, 4) is 0 Å². The van der Waals surface area contributed by atoms with Gasteiger partial charge in [-0.15, -0.1) is 0 Å². The number of carbonyl (C=O) groups is 1. The lowest BCUT2D eigenvalue weighted by Gasteiger charge is -2.28.